The van der Waals surface area contributed by atoms with Gasteiger partial charge in [-0.25, -0.2) is 0 Å². The molecular formula is C27H54. The van der Waals surface area contributed by atoms with Gasteiger partial charge in [-0.3, -0.25) is 0 Å². The topological polar surface area (TPSA) is 0 Å². The Morgan fingerprint density at radius 1 is 0.444 bits per heavy atom. The summed E-state index contributed by atoms with van der Waals surface area (Å²) in [5, 5.41) is 0. The molecule has 0 aliphatic heterocycles. The first kappa shape index (κ1) is 26.7. The first-order valence-corrected chi connectivity index (χ1v) is 13.0. The van der Waals surface area contributed by atoms with Crippen molar-refractivity contribution >= 4 is 0 Å². The van der Waals surface area contributed by atoms with Crippen molar-refractivity contribution in [3.8, 4) is 0 Å². The average Bonchev–Trinajstić information content (AvgIpc) is 2.68. The van der Waals surface area contributed by atoms with Crippen LogP contribution in [0.2, 0.25) is 0 Å². The van der Waals surface area contributed by atoms with E-state index in [0.29, 0.717) is 0 Å². The van der Waals surface area contributed by atoms with Crippen molar-refractivity contribution in [1.82, 2.24) is 0 Å². The van der Waals surface area contributed by atoms with Crippen LogP contribution in [-0.4, -0.2) is 0 Å². The van der Waals surface area contributed by atoms with Crippen LogP contribution in [0, 0.1) is 5.92 Å². The molecule has 1 unspecified atom stereocenters. The van der Waals surface area contributed by atoms with E-state index in [1.165, 1.54) is 135 Å². The zero-order chi connectivity index (χ0) is 19.8. The van der Waals surface area contributed by atoms with Crippen molar-refractivity contribution in [2.75, 3.05) is 0 Å². The van der Waals surface area contributed by atoms with Gasteiger partial charge in [0.15, 0.2) is 0 Å². The Bertz CT molecular complexity index is 278. The van der Waals surface area contributed by atoms with E-state index in [2.05, 4.69) is 32.9 Å². The second-order valence-corrected chi connectivity index (χ2v) is 8.89. The summed E-state index contributed by atoms with van der Waals surface area (Å²) in [5.41, 5.74) is 0. The van der Waals surface area contributed by atoms with Crippen LogP contribution in [0.25, 0.3) is 0 Å². The van der Waals surface area contributed by atoms with Gasteiger partial charge in [0.25, 0.3) is 0 Å². The van der Waals surface area contributed by atoms with Crippen molar-refractivity contribution < 1.29 is 0 Å². The van der Waals surface area contributed by atoms with Crippen LogP contribution < -0.4 is 0 Å². The zero-order valence-corrected chi connectivity index (χ0v) is 19.6. The molecule has 0 heterocycles. The molecule has 0 N–H and O–H groups in total. The van der Waals surface area contributed by atoms with Gasteiger partial charge in [-0.05, 0) is 25.2 Å². The zero-order valence-electron chi connectivity index (χ0n) is 19.6. The van der Waals surface area contributed by atoms with E-state index in [0.717, 1.165) is 5.92 Å². The van der Waals surface area contributed by atoms with Gasteiger partial charge < -0.3 is 0 Å². The van der Waals surface area contributed by atoms with Gasteiger partial charge in [0.2, 0.25) is 0 Å². The lowest BCUT2D eigenvalue weighted by molar-refractivity contribution is 0.414. The molecule has 162 valence electrons. The van der Waals surface area contributed by atoms with Gasteiger partial charge in [-0.1, -0.05) is 148 Å². The molecule has 0 radical (unpaired) electrons. The molecule has 0 spiro atoms. The van der Waals surface area contributed by atoms with Crippen LogP contribution in [0.3, 0.4) is 0 Å². The lowest BCUT2D eigenvalue weighted by atomic mass is 9.92. The molecule has 0 aromatic heterocycles. The predicted octanol–water partition coefficient (Wildman–Crippen LogP) is 10.4. The Kier molecular flexibility index (Phi) is 23.5. The highest BCUT2D eigenvalue weighted by Crippen LogP contribution is 2.21. The van der Waals surface area contributed by atoms with Gasteiger partial charge in [0.1, 0.15) is 0 Å². The number of unbranched alkanes of at least 4 members (excludes halogenated alkanes) is 15. The second kappa shape index (κ2) is 23.8. The van der Waals surface area contributed by atoms with E-state index >= 15 is 0 Å². The van der Waals surface area contributed by atoms with Crippen LogP contribution in [-0.2, 0) is 0 Å². The van der Waals surface area contributed by atoms with Crippen LogP contribution in [0.15, 0.2) is 12.2 Å². The molecule has 0 aromatic carbocycles. The Balaban J connectivity index is 3.55. The predicted molar refractivity (Wildman–Crippen MR) is 127 cm³/mol. The molecule has 27 heavy (non-hydrogen) atoms. The summed E-state index contributed by atoms with van der Waals surface area (Å²) in [4.78, 5) is 0. The van der Waals surface area contributed by atoms with Gasteiger partial charge in [-0.15, -0.1) is 0 Å². The molecule has 1 atom stereocenters. The highest BCUT2D eigenvalue weighted by atomic mass is 14.1. The van der Waals surface area contributed by atoms with Crippen molar-refractivity contribution in [2.24, 2.45) is 5.92 Å². The summed E-state index contributed by atoms with van der Waals surface area (Å²) < 4.78 is 0. The summed E-state index contributed by atoms with van der Waals surface area (Å²) in [6, 6.07) is 0. The number of hydrogen-bond acceptors (Lipinski definition) is 0. The summed E-state index contributed by atoms with van der Waals surface area (Å²) in [6.07, 6.45) is 34.9. The standard InChI is InChI=1S/C27H54/c1-4-7-10-12-13-14-15-16-17-18-19-21-23-26-27(24-9-6-3)25-22-20-11-8-5-2/h21,23,27H,4-20,22,24-26H2,1-3H3. The normalized spacial score (nSPS) is 12.9. The third-order valence-corrected chi connectivity index (χ3v) is 6.04. The van der Waals surface area contributed by atoms with Crippen molar-refractivity contribution in [3.05, 3.63) is 12.2 Å². The van der Waals surface area contributed by atoms with Crippen LogP contribution >= 0.6 is 0 Å². The lowest BCUT2D eigenvalue weighted by Gasteiger charge is -2.14. The fraction of sp³-hybridized carbons (Fsp3) is 0.926. The maximum Gasteiger partial charge on any atom is -0.0322 e. The van der Waals surface area contributed by atoms with E-state index in [4.69, 9.17) is 0 Å². The molecule has 0 fully saturated rings. The summed E-state index contributed by atoms with van der Waals surface area (Å²) in [7, 11) is 0. The fourth-order valence-corrected chi connectivity index (χ4v) is 4.07. The number of allylic oxidation sites excluding steroid dienone is 2. The lowest BCUT2D eigenvalue weighted by Crippen LogP contribution is -1.99. The smallest absolute Gasteiger partial charge is 0.0322 e. The minimum atomic E-state index is 0.954. The molecule has 0 rings (SSSR count). The van der Waals surface area contributed by atoms with Crippen molar-refractivity contribution in [1.29, 1.82) is 0 Å². The first-order chi connectivity index (χ1) is 13.3. The number of hydrogen-bond donors (Lipinski definition) is 0. The second-order valence-electron chi connectivity index (χ2n) is 8.89. The van der Waals surface area contributed by atoms with E-state index in [9.17, 15) is 0 Å². The SMILES string of the molecule is CCCCCCCCCCCCC=CCC(CCCC)CCCCCCC. The maximum absolute atomic E-state index is 2.51. The average molecular weight is 379 g/mol. The first-order valence-electron chi connectivity index (χ1n) is 13.0. The Hall–Kier alpha value is -0.260. The van der Waals surface area contributed by atoms with E-state index in [1.807, 2.05) is 0 Å². The minimum Gasteiger partial charge on any atom is -0.0885 e. The Morgan fingerprint density at radius 3 is 1.44 bits per heavy atom. The van der Waals surface area contributed by atoms with Crippen molar-refractivity contribution in [3.63, 3.8) is 0 Å². The van der Waals surface area contributed by atoms with Gasteiger partial charge in [0.05, 0.1) is 0 Å². The summed E-state index contributed by atoms with van der Waals surface area (Å²) in [5.74, 6) is 0.954. The Morgan fingerprint density at radius 2 is 0.889 bits per heavy atom. The summed E-state index contributed by atoms with van der Waals surface area (Å²) in [6.45, 7) is 6.94. The monoisotopic (exact) mass is 378 g/mol. The molecule has 0 saturated carbocycles. The van der Waals surface area contributed by atoms with Crippen LogP contribution in [0.5, 0.6) is 0 Å². The molecule has 0 heteroatoms. The molecule has 0 amide bonds. The molecule has 0 aliphatic rings. The highest BCUT2D eigenvalue weighted by molar-refractivity contribution is 4.84. The van der Waals surface area contributed by atoms with Gasteiger partial charge in [-0.2, -0.15) is 0 Å². The van der Waals surface area contributed by atoms with E-state index in [1.54, 1.807) is 0 Å². The molecule has 0 aromatic rings. The molecule has 0 bridgehead atoms. The molecule has 0 nitrogen and oxygen atoms in total. The molecule has 0 saturated heterocycles. The van der Waals surface area contributed by atoms with Gasteiger partial charge >= 0.3 is 0 Å². The molecular weight excluding hydrogens is 324 g/mol. The maximum atomic E-state index is 2.51. The van der Waals surface area contributed by atoms with E-state index in [-0.39, 0.29) is 0 Å². The highest BCUT2D eigenvalue weighted by Gasteiger charge is 2.06. The Labute approximate surface area is 174 Å². The van der Waals surface area contributed by atoms with Gasteiger partial charge in [0, 0.05) is 0 Å². The van der Waals surface area contributed by atoms with E-state index < -0.39 is 0 Å². The third-order valence-electron chi connectivity index (χ3n) is 6.04. The van der Waals surface area contributed by atoms with Crippen LogP contribution in [0.4, 0.5) is 0 Å². The van der Waals surface area contributed by atoms with Crippen molar-refractivity contribution in [2.45, 2.75) is 156 Å². The fourth-order valence-electron chi connectivity index (χ4n) is 4.07. The summed E-state index contributed by atoms with van der Waals surface area (Å²) >= 11 is 0. The number of rotatable bonds is 22. The minimum absolute atomic E-state index is 0.954. The van der Waals surface area contributed by atoms with Crippen LogP contribution in [0.1, 0.15) is 156 Å². The molecule has 0 aliphatic carbocycles. The quantitative estimate of drug-likeness (QED) is 0.130. The third kappa shape index (κ3) is 21.9. The largest absolute Gasteiger partial charge is 0.0885 e.